The summed E-state index contributed by atoms with van der Waals surface area (Å²) in [5.74, 6) is -0.745. The third-order valence-corrected chi connectivity index (χ3v) is 4.28. The predicted octanol–water partition coefficient (Wildman–Crippen LogP) is -0.428. The average Bonchev–Trinajstić information content (AvgIpc) is 2.68. The first kappa shape index (κ1) is 15.5. The number of carboxylic acids is 1. The van der Waals surface area contributed by atoms with E-state index in [1.807, 2.05) is 4.72 Å². The van der Waals surface area contributed by atoms with Gasteiger partial charge in [-0.05, 0) is 12.1 Å². The van der Waals surface area contributed by atoms with Gasteiger partial charge in [0.1, 0.15) is 6.04 Å². The highest BCUT2D eigenvalue weighted by molar-refractivity contribution is 7.89. The smallest absolute Gasteiger partial charge is 0.324 e. The maximum absolute atomic E-state index is 12.1. The minimum Gasteiger partial charge on any atom is -0.490 e. The van der Waals surface area contributed by atoms with Gasteiger partial charge in [-0.2, -0.15) is 4.72 Å². The Morgan fingerprint density at radius 1 is 1.29 bits per heavy atom. The van der Waals surface area contributed by atoms with Crippen molar-refractivity contribution in [2.75, 3.05) is 19.8 Å². The highest BCUT2D eigenvalue weighted by atomic mass is 32.2. The van der Waals surface area contributed by atoms with E-state index in [0.29, 0.717) is 25.4 Å². The first-order valence-electron chi connectivity index (χ1n) is 6.19. The summed E-state index contributed by atoms with van der Waals surface area (Å²) in [4.78, 5) is 10.6. The Labute approximate surface area is 121 Å². The Balaban J connectivity index is 2.28. The SMILES string of the molecule is O=C(O)[C@H](CO)NS(=O)(=O)c1ccc2c(c1)OCCCO2. The third-order valence-electron chi connectivity index (χ3n) is 2.81. The number of carboxylic acid groups (broad SMARTS) is 1. The molecular weight excluding hydrogens is 302 g/mol. The van der Waals surface area contributed by atoms with Crippen molar-refractivity contribution in [2.24, 2.45) is 0 Å². The van der Waals surface area contributed by atoms with Crippen LogP contribution in [0.3, 0.4) is 0 Å². The number of aliphatic hydroxyl groups excluding tert-OH is 1. The van der Waals surface area contributed by atoms with Crippen molar-refractivity contribution >= 4 is 16.0 Å². The van der Waals surface area contributed by atoms with Crippen LogP contribution in [-0.2, 0) is 14.8 Å². The Kier molecular flexibility index (Phi) is 4.66. The van der Waals surface area contributed by atoms with Crippen LogP contribution in [0.15, 0.2) is 23.1 Å². The van der Waals surface area contributed by atoms with E-state index in [0.717, 1.165) is 0 Å². The van der Waals surface area contributed by atoms with Crippen LogP contribution in [0.2, 0.25) is 0 Å². The minimum absolute atomic E-state index is 0.161. The minimum atomic E-state index is -4.09. The highest BCUT2D eigenvalue weighted by Crippen LogP contribution is 2.31. The molecule has 1 aromatic rings. The maximum Gasteiger partial charge on any atom is 0.324 e. The molecule has 0 spiro atoms. The van der Waals surface area contributed by atoms with E-state index in [1.165, 1.54) is 18.2 Å². The lowest BCUT2D eigenvalue weighted by Crippen LogP contribution is -2.43. The number of rotatable bonds is 5. The van der Waals surface area contributed by atoms with Gasteiger partial charge in [-0.3, -0.25) is 4.79 Å². The Morgan fingerprint density at radius 2 is 1.95 bits per heavy atom. The fourth-order valence-electron chi connectivity index (χ4n) is 1.73. The quantitative estimate of drug-likeness (QED) is 0.673. The number of carbonyl (C=O) groups is 1. The molecule has 0 saturated heterocycles. The number of sulfonamides is 1. The zero-order chi connectivity index (χ0) is 15.5. The van der Waals surface area contributed by atoms with Crippen molar-refractivity contribution in [3.63, 3.8) is 0 Å². The lowest BCUT2D eigenvalue weighted by atomic mass is 10.3. The molecule has 3 N–H and O–H groups in total. The number of ether oxygens (including phenoxy) is 2. The third kappa shape index (κ3) is 3.63. The second kappa shape index (κ2) is 6.29. The van der Waals surface area contributed by atoms with E-state index in [2.05, 4.69) is 0 Å². The fraction of sp³-hybridized carbons (Fsp3) is 0.417. The number of hydrogen-bond acceptors (Lipinski definition) is 6. The summed E-state index contributed by atoms with van der Waals surface area (Å²) < 4.78 is 36.9. The molecule has 9 heteroatoms. The molecule has 0 unspecified atom stereocenters. The van der Waals surface area contributed by atoms with Crippen LogP contribution in [0.4, 0.5) is 0 Å². The van der Waals surface area contributed by atoms with E-state index >= 15 is 0 Å². The first-order valence-corrected chi connectivity index (χ1v) is 7.68. The molecule has 0 aliphatic carbocycles. The summed E-state index contributed by atoms with van der Waals surface area (Å²) in [6, 6.07) is 2.39. The second-order valence-electron chi connectivity index (χ2n) is 4.35. The lowest BCUT2D eigenvalue weighted by Gasteiger charge is -2.14. The van der Waals surface area contributed by atoms with E-state index < -0.39 is 28.6 Å². The van der Waals surface area contributed by atoms with Crippen molar-refractivity contribution < 1.29 is 32.9 Å². The van der Waals surface area contributed by atoms with Gasteiger partial charge in [0.05, 0.1) is 24.7 Å². The molecule has 1 aliphatic rings. The standard InChI is InChI=1S/C12H15NO7S/c14-7-9(12(15)16)13-21(17,18)8-2-3-10-11(6-8)20-5-1-4-19-10/h2-3,6,9,13-14H,1,4-5,7H2,(H,15,16)/t9-/m0/s1. The molecule has 116 valence electrons. The van der Waals surface area contributed by atoms with Gasteiger partial charge < -0.3 is 19.7 Å². The van der Waals surface area contributed by atoms with E-state index in [1.54, 1.807) is 0 Å². The predicted molar refractivity (Wildman–Crippen MR) is 70.9 cm³/mol. The lowest BCUT2D eigenvalue weighted by molar-refractivity contribution is -0.139. The molecular formula is C12H15NO7S. The molecule has 1 atom stereocenters. The van der Waals surface area contributed by atoms with E-state index in [4.69, 9.17) is 19.7 Å². The number of nitrogens with one attached hydrogen (secondary N) is 1. The number of fused-ring (bicyclic) bond motifs is 1. The summed E-state index contributed by atoms with van der Waals surface area (Å²) in [6.07, 6.45) is 0.681. The van der Waals surface area contributed by atoms with Gasteiger partial charge >= 0.3 is 5.97 Å². The molecule has 0 saturated carbocycles. The average molecular weight is 317 g/mol. The van der Waals surface area contributed by atoms with Crippen LogP contribution >= 0.6 is 0 Å². The summed E-state index contributed by atoms with van der Waals surface area (Å²) in [5, 5.41) is 17.7. The summed E-state index contributed by atoms with van der Waals surface area (Å²) >= 11 is 0. The fourth-order valence-corrected chi connectivity index (χ4v) is 2.93. The van der Waals surface area contributed by atoms with Crippen molar-refractivity contribution in [2.45, 2.75) is 17.4 Å². The van der Waals surface area contributed by atoms with Crippen molar-refractivity contribution in [1.82, 2.24) is 4.72 Å². The highest BCUT2D eigenvalue weighted by Gasteiger charge is 2.26. The zero-order valence-electron chi connectivity index (χ0n) is 11.0. The topological polar surface area (TPSA) is 122 Å². The molecule has 21 heavy (non-hydrogen) atoms. The van der Waals surface area contributed by atoms with Gasteiger partial charge in [-0.15, -0.1) is 0 Å². The molecule has 8 nitrogen and oxygen atoms in total. The van der Waals surface area contributed by atoms with Crippen LogP contribution in [0.5, 0.6) is 11.5 Å². The van der Waals surface area contributed by atoms with Gasteiger partial charge in [0.2, 0.25) is 10.0 Å². The van der Waals surface area contributed by atoms with Gasteiger partial charge in [0, 0.05) is 12.5 Å². The Bertz CT molecular complexity index is 628. The van der Waals surface area contributed by atoms with Crippen LogP contribution in [0.25, 0.3) is 0 Å². The number of aliphatic hydroxyl groups is 1. The maximum atomic E-state index is 12.1. The van der Waals surface area contributed by atoms with E-state index in [9.17, 15) is 13.2 Å². The van der Waals surface area contributed by atoms with Gasteiger partial charge in [-0.1, -0.05) is 0 Å². The largest absolute Gasteiger partial charge is 0.490 e. The van der Waals surface area contributed by atoms with Crippen LogP contribution in [0.1, 0.15) is 6.42 Å². The van der Waals surface area contributed by atoms with Gasteiger partial charge in [0.15, 0.2) is 11.5 Å². The Morgan fingerprint density at radius 3 is 2.57 bits per heavy atom. The van der Waals surface area contributed by atoms with Gasteiger partial charge in [0.25, 0.3) is 0 Å². The summed E-state index contributed by atoms with van der Waals surface area (Å²) in [6.45, 7) is 0.0282. The number of aliphatic carboxylic acids is 1. The molecule has 2 rings (SSSR count). The van der Waals surface area contributed by atoms with E-state index in [-0.39, 0.29) is 10.6 Å². The molecule has 0 bridgehead atoms. The molecule has 0 aromatic heterocycles. The number of hydrogen-bond donors (Lipinski definition) is 3. The van der Waals surface area contributed by atoms with Crippen molar-refractivity contribution in [3.8, 4) is 11.5 Å². The van der Waals surface area contributed by atoms with Crippen molar-refractivity contribution in [1.29, 1.82) is 0 Å². The van der Waals surface area contributed by atoms with Crippen molar-refractivity contribution in [3.05, 3.63) is 18.2 Å². The zero-order valence-corrected chi connectivity index (χ0v) is 11.8. The molecule has 0 amide bonds. The normalized spacial score (nSPS) is 16.0. The molecule has 1 heterocycles. The monoisotopic (exact) mass is 317 g/mol. The van der Waals surface area contributed by atoms with Crippen LogP contribution in [-0.4, -0.2) is 50.5 Å². The molecule has 1 aromatic carbocycles. The molecule has 1 aliphatic heterocycles. The first-order chi connectivity index (χ1) is 9.94. The Hall–Kier alpha value is -1.84. The summed E-state index contributed by atoms with van der Waals surface area (Å²) in [5.41, 5.74) is 0. The summed E-state index contributed by atoms with van der Waals surface area (Å²) in [7, 11) is -4.09. The molecule has 0 fully saturated rings. The second-order valence-corrected chi connectivity index (χ2v) is 6.07. The van der Waals surface area contributed by atoms with Crippen LogP contribution in [0, 0.1) is 0 Å². The molecule has 0 radical (unpaired) electrons. The number of benzene rings is 1. The van der Waals surface area contributed by atoms with Gasteiger partial charge in [-0.25, -0.2) is 8.42 Å². The van der Waals surface area contributed by atoms with Crippen LogP contribution < -0.4 is 14.2 Å².